The van der Waals surface area contributed by atoms with E-state index in [1.807, 2.05) is 6.20 Å². The van der Waals surface area contributed by atoms with Crippen molar-refractivity contribution in [1.29, 1.82) is 0 Å². The molecule has 2 aliphatic heterocycles. The second kappa shape index (κ2) is 4.56. The molecule has 0 saturated carbocycles. The first-order valence-electron chi connectivity index (χ1n) is 5.84. The maximum absolute atomic E-state index is 5.72. The Labute approximate surface area is 114 Å². The van der Waals surface area contributed by atoms with Gasteiger partial charge in [-0.2, -0.15) is 0 Å². The highest BCUT2D eigenvalue weighted by Gasteiger charge is 2.31. The van der Waals surface area contributed by atoms with E-state index in [-0.39, 0.29) is 0 Å². The van der Waals surface area contributed by atoms with Crippen molar-refractivity contribution in [3.8, 4) is 5.88 Å². The first-order valence-corrected chi connectivity index (χ1v) is 6.92. The monoisotopic (exact) mass is 346 g/mol. The number of hydrogen-bond donors (Lipinski definition) is 0. The predicted octanol–water partition coefficient (Wildman–Crippen LogP) is 0.984. The Morgan fingerprint density at radius 1 is 1.47 bits per heavy atom. The zero-order valence-corrected chi connectivity index (χ0v) is 11.9. The van der Waals surface area contributed by atoms with Crippen LogP contribution in [0.5, 0.6) is 5.88 Å². The van der Waals surface area contributed by atoms with Crippen molar-refractivity contribution < 1.29 is 4.74 Å². The molecule has 2 aliphatic rings. The molecule has 3 heterocycles. The number of nitrogens with zero attached hydrogens (tertiary/aromatic N) is 4. The number of ether oxygens (including phenoxy) is 1. The molecule has 0 bridgehead atoms. The van der Waals surface area contributed by atoms with E-state index in [1.54, 1.807) is 0 Å². The molecule has 5 nitrogen and oxygen atoms in total. The summed E-state index contributed by atoms with van der Waals surface area (Å²) in [5.41, 5.74) is 0. The molecule has 0 amide bonds. The van der Waals surface area contributed by atoms with Gasteiger partial charge in [0, 0.05) is 32.1 Å². The van der Waals surface area contributed by atoms with E-state index < -0.39 is 0 Å². The third-order valence-electron chi connectivity index (χ3n) is 3.34. The second-order valence-electron chi connectivity index (χ2n) is 4.57. The number of hydrogen-bond acceptors (Lipinski definition) is 5. The zero-order chi connectivity index (χ0) is 11.8. The summed E-state index contributed by atoms with van der Waals surface area (Å²) in [4.78, 5) is 13.7. The molecule has 0 aromatic carbocycles. The summed E-state index contributed by atoms with van der Waals surface area (Å²) >= 11 is 2.17. The van der Waals surface area contributed by atoms with Crippen molar-refractivity contribution in [3.05, 3.63) is 9.90 Å². The van der Waals surface area contributed by atoms with Crippen LogP contribution in [0.1, 0.15) is 6.42 Å². The highest BCUT2D eigenvalue weighted by atomic mass is 127. The Morgan fingerprint density at radius 2 is 2.35 bits per heavy atom. The van der Waals surface area contributed by atoms with Crippen molar-refractivity contribution in [2.45, 2.75) is 12.5 Å². The van der Waals surface area contributed by atoms with Crippen LogP contribution in [0.4, 0.5) is 5.82 Å². The largest absolute Gasteiger partial charge is 0.475 e. The number of aromatic nitrogens is 2. The van der Waals surface area contributed by atoms with Crippen molar-refractivity contribution in [2.75, 3.05) is 38.2 Å². The van der Waals surface area contributed by atoms with Crippen molar-refractivity contribution in [3.63, 3.8) is 0 Å². The minimum absolute atomic E-state index is 0.504. The van der Waals surface area contributed by atoms with Crippen molar-refractivity contribution >= 4 is 28.4 Å². The standard InChI is InChI=1S/C11H15IN4O/c1-15-3-4-16-8(7-15)2-5-17-11-10(16)13-6-9(12)14-11/h6,8H,2-5,7H2,1H3. The van der Waals surface area contributed by atoms with Gasteiger partial charge >= 0.3 is 0 Å². The lowest BCUT2D eigenvalue weighted by molar-refractivity contribution is 0.240. The quantitative estimate of drug-likeness (QED) is 0.656. The third-order valence-corrected chi connectivity index (χ3v) is 3.86. The lowest BCUT2D eigenvalue weighted by atomic mass is 10.1. The molecule has 1 atom stereocenters. The van der Waals surface area contributed by atoms with Gasteiger partial charge in [0.25, 0.3) is 5.88 Å². The fraction of sp³-hybridized carbons (Fsp3) is 0.636. The molecule has 1 aromatic heterocycles. The average Bonchev–Trinajstić information content (AvgIpc) is 2.47. The summed E-state index contributed by atoms with van der Waals surface area (Å²) in [5.74, 6) is 1.62. The Bertz CT molecular complexity index is 428. The van der Waals surface area contributed by atoms with Gasteiger partial charge < -0.3 is 14.5 Å². The summed E-state index contributed by atoms with van der Waals surface area (Å²) in [7, 11) is 2.17. The molecule has 1 saturated heterocycles. The number of rotatable bonds is 0. The number of piperazine rings is 1. The number of halogens is 1. The van der Waals surface area contributed by atoms with E-state index in [1.165, 1.54) is 0 Å². The van der Waals surface area contributed by atoms with Gasteiger partial charge in [-0.25, -0.2) is 9.97 Å². The first-order chi connectivity index (χ1) is 8.24. The second-order valence-corrected chi connectivity index (χ2v) is 5.67. The topological polar surface area (TPSA) is 41.5 Å². The molecular formula is C11H15IN4O. The van der Waals surface area contributed by atoms with Gasteiger partial charge in [0.15, 0.2) is 5.82 Å². The SMILES string of the molecule is CN1CCN2c3ncc(I)nc3OCCC2C1. The summed E-state index contributed by atoms with van der Waals surface area (Å²) < 4.78 is 6.60. The van der Waals surface area contributed by atoms with Crippen LogP contribution in [0.2, 0.25) is 0 Å². The van der Waals surface area contributed by atoms with Crippen LogP contribution >= 0.6 is 22.6 Å². The fourth-order valence-electron chi connectivity index (χ4n) is 2.47. The molecule has 17 heavy (non-hydrogen) atoms. The Morgan fingerprint density at radius 3 is 3.24 bits per heavy atom. The van der Waals surface area contributed by atoms with E-state index in [4.69, 9.17) is 4.74 Å². The molecule has 0 aliphatic carbocycles. The summed E-state index contributed by atoms with van der Waals surface area (Å²) in [6.07, 6.45) is 2.85. The van der Waals surface area contributed by atoms with E-state index in [0.717, 1.165) is 42.2 Å². The summed E-state index contributed by atoms with van der Waals surface area (Å²) in [6.45, 7) is 3.89. The molecule has 0 radical (unpaired) electrons. The molecule has 3 rings (SSSR count). The van der Waals surface area contributed by atoms with Gasteiger partial charge in [-0.1, -0.05) is 0 Å². The molecule has 1 unspecified atom stereocenters. The molecule has 1 aromatic rings. The average molecular weight is 346 g/mol. The maximum Gasteiger partial charge on any atom is 0.258 e. The fourth-order valence-corrected chi connectivity index (χ4v) is 2.83. The Hall–Kier alpha value is -0.630. The van der Waals surface area contributed by atoms with Gasteiger partial charge in [-0.15, -0.1) is 0 Å². The zero-order valence-electron chi connectivity index (χ0n) is 9.77. The number of fused-ring (bicyclic) bond motifs is 3. The van der Waals surface area contributed by atoms with E-state index in [2.05, 4.69) is 49.4 Å². The van der Waals surface area contributed by atoms with Crippen LogP contribution < -0.4 is 9.64 Å². The smallest absolute Gasteiger partial charge is 0.258 e. The van der Waals surface area contributed by atoms with Crippen molar-refractivity contribution in [1.82, 2.24) is 14.9 Å². The van der Waals surface area contributed by atoms with E-state index >= 15 is 0 Å². The molecule has 6 heteroatoms. The van der Waals surface area contributed by atoms with Crippen LogP contribution in [-0.2, 0) is 0 Å². The van der Waals surface area contributed by atoms with Crippen molar-refractivity contribution in [2.24, 2.45) is 0 Å². The molecule has 0 N–H and O–H groups in total. The maximum atomic E-state index is 5.72. The van der Waals surface area contributed by atoms with E-state index in [9.17, 15) is 0 Å². The molecule has 1 fully saturated rings. The highest BCUT2D eigenvalue weighted by Crippen LogP contribution is 2.31. The van der Waals surface area contributed by atoms with Gasteiger partial charge in [-0.3, -0.25) is 0 Å². The normalized spacial score (nSPS) is 24.6. The minimum Gasteiger partial charge on any atom is -0.475 e. The van der Waals surface area contributed by atoms with E-state index in [0.29, 0.717) is 11.9 Å². The first kappa shape index (κ1) is 11.5. The lowest BCUT2D eigenvalue weighted by Crippen LogP contribution is -2.52. The van der Waals surface area contributed by atoms with Gasteiger partial charge in [0.1, 0.15) is 3.70 Å². The Balaban J connectivity index is 1.96. The van der Waals surface area contributed by atoms with Gasteiger partial charge in [0.2, 0.25) is 0 Å². The van der Waals surface area contributed by atoms with Crippen LogP contribution in [0, 0.1) is 3.70 Å². The van der Waals surface area contributed by atoms with Crippen LogP contribution in [-0.4, -0.2) is 54.2 Å². The molecule has 0 spiro atoms. The third kappa shape index (κ3) is 2.20. The Kier molecular flexibility index (Phi) is 3.08. The lowest BCUT2D eigenvalue weighted by Gasteiger charge is -2.39. The molecular weight excluding hydrogens is 331 g/mol. The van der Waals surface area contributed by atoms with Crippen LogP contribution in [0.15, 0.2) is 6.20 Å². The highest BCUT2D eigenvalue weighted by molar-refractivity contribution is 14.1. The van der Waals surface area contributed by atoms with Crippen LogP contribution in [0.3, 0.4) is 0 Å². The van der Waals surface area contributed by atoms with Crippen LogP contribution in [0.25, 0.3) is 0 Å². The number of anilines is 1. The number of likely N-dealkylation sites (N-methyl/N-ethyl adjacent to an activating group) is 1. The predicted molar refractivity (Wildman–Crippen MR) is 73.5 cm³/mol. The minimum atomic E-state index is 0.504. The molecule has 92 valence electrons. The van der Waals surface area contributed by atoms with Gasteiger partial charge in [-0.05, 0) is 29.6 Å². The summed E-state index contributed by atoms with van der Waals surface area (Å²) in [6, 6.07) is 0.504. The van der Waals surface area contributed by atoms with Gasteiger partial charge in [0.05, 0.1) is 12.8 Å². The summed E-state index contributed by atoms with van der Waals surface area (Å²) in [5, 5.41) is 0.